The molecule has 0 amide bonds. The van der Waals surface area contributed by atoms with Crippen molar-refractivity contribution in [1.82, 2.24) is 10.6 Å². The van der Waals surface area contributed by atoms with Crippen LogP contribution in [-0.2, 0) is 29.8 Å². The molecule has 8 fully saturated rings. The molecule has 8 rings (SSSR count). The first-order valence-electron chi connectivity index (χ1n) is 28.6. The highest BCUT2D eigenvalue weighted by Crippen LogP contribution is 2.70. The van der Waals surface area contributed by atoms with E-state index in [1.807, 2.05) is 0 Å². The number of fused-ring (bicyclic) bond motifs is 10. The first-order chi connectivity index (χ1) is 32.9. The monoisotopic (exact) mass is 1020 g/mol. The van der Waals surface area contributed by atoms with Gasteiger partial charge in [0.15, 0.2) is 0 Å². The molecule has 402 valence electrons. The maximum absolute atomic E-state index is 12.6. The highest BCUT2D eigenvalue weighted by molar-refractivity contribution is 7.86. The molecule has 8 aliphatic carbocycles. The summed E-state index contributed by atoms with van der Waals surface area (Å²) >= 11 is 0. The molecule has 6 N–H and O–H groups in total. The SMILES string of the molecule is C[C@H](CCC(=O)CCCS(=O)(=O)O)[C@H]1CC[C@H]2C3[C@@H](O)CC4CC(NCCNC5CC[C@]6(C)C(C5)C[C@@H](O)C5[C@H]6CC[C@]6(C)[C@H]5CC[C@H]6[C@@H](C)CCC(=O)CCCS(=O)(=O)O)CC[C@]4(C)[C@H]3CC[C@]12C. The van der Waals surface area contributed by atoms with Crippen LogP contribution in [0.15, 0.2) is 0 Å². The number of hydrogen-bond acceptors (Lipinski definition) is 10. The Morgan fingerprint density at radius 3 is 1.24 bits per heavy atom. The number of carbonyl (C=O) groups excluding carboxylic acids is 2. The molecule has 8 aliphatic rings. The normalized spacial score (nSPS) is 44.5. The third-order valence-corrected chi connectivity index (χ3v) is 25.0. The Morgan fingerprint density at radius 2 is 0.871 bits per heavy atom. The number of nitrogens with one attached hydrogen (secondary N) is 2. The Labute approximate surface area is 423 Å². The Hall–Kier alpha value is -1.00. The molecule has 0 aliphatic heterocycles. The summed E-state index contributed by atoms with van der Waals surface area (Å²) in [5.74, 6) is 5.20. The number of ketones is 2. The van der Waals surface area contributed by atoms with E-state index >= 15 is 0 Å². The van der Waals surface area contributed by atoms with E-state index in [2.05, 4.69) is 52.2 Å². The fourth-order valence-electron chi connectivity index (χ4n) is 19.7. The highest BCUT2D eigenvalue weighted by atomic mass is 32.2. The largest absolute Gasteiger partial charge is 0.393 e. The lowest BCUT2D eigenvalue weighted by molar-refractivity contribution is -0.167. The van der Waals surface area contributed by atoms with Crippen LogP contribution in [0.4, 0.5) is 0 Å². The molecule has 14 heteroatoms. The minimum Gasteiger partial charge on any atom is -0.393 e. The quantitative estimate of drug-likeness (QED) is 0.0470. The Balaban J connectivity index is 0.768. The summed E-state index contributed by atoms with van der Waals surface area (Å²) in [4.78, 5) is 25.3. The second kappa shape index (κ2) is 21.6. The van der Waals surface area contributed by atoms with Crippen molar-refractivity contribution in [2.24, 2.45) is 92.7 Å². The van der Waals surface area contributed by atoms with Crippen molar-refractivity contribution in [2.45, 2.75) is 220 Å². The van der Waals surface area contributed by atoms with Crippen molar-refractivity contribution in [3.05, 3.63) is 0 Å². The van der Waals surface area contributed by atoms with E-state index < -0.39 is 20.2 Å². The van der Waals surface area contributed by atoms with Crippen LogP contribution in [0.3, 0.4) is 0 Å². The molecular formula is C56H96N2O10S2. The van der Waals surface area contributed by atoms with E-state index in [1.54, 1.807) is 0 Å². The lowest BCUT2D eigenvalue weighted by Gasteiger charge is -2.63. The Kier molecular flexibility index (Phi) is 17.0. The van der Waals surface area contributed by atoms with E-state index in [-0.39, 0.29) is 82.6 Å². The fraction of sp³-hybridized carbons (Fsp3) is 0.964. The van der Waals surface area contributed by atoms with Crippen LogP contribution in [0.2, 0.25) is 0 Å². The number of hydrogen-bond donors (Lipinski definition) is 6. The minimum atomic E-state index is -4.04. The third-order valence-electron chi connectivity index (χ3n) is 23.4. The molecule has 0 aromatic rings. The van der Waals surface area contributed by atoms with Gasteiger partial charge >= 0.3 is 0 Å². The fourth-order valence-corrected chi connectivity index (χ4v) is 20.7. The summed E-state index contributed by atoms with van der Waals surface area (Å²) in [7, 11) is -8.08. The first-order valence-corrected chi connectivity index (χ1v) is 31.8. The zero-order valence-electron chi connectivity index (χ0n) is 44.1. The van der Waals surface area contributed by atoms with Crippen molar-refractivity contribution in [2.75, 3.05) is 24.6 Å². The van der Waals surface area contributed by atoms with Gasteiger partial charge in [0.05, 0.1) is 23.7 Å². The van der Waals surface area contributed by atoms with Gasteiger partial charge < -0.3 is 20.8 Å². The van der Waals surface area contributed by atoms with Gasteiger partial charge in [-0.2, -0.15) is 16.8 Å². The summed E-state index contributed by atoms with van der Waals surface area (Å²) < 4.78 is 62.5. The molecule has 70 heavy (non-hydrogen) atoms. The van der Waals surface area contributed by atoms with E-state index in [0.29, 0.717) is 95.9 Å². The van der Waals surface area contributed by atoms with E-state index in [1.165, 1.54) is 51.4 Å². The number of rotatable bonds is 21. The summed E-state index contributed by atoms with van der Waals surface area (Å²) in [6.07, 6.45) is 21.1. The van der Waals surface area contributed by atoms with Crippen molar-refractivity contribution in [3.8, 4) is 0 Å². The van der Waals surface area contributed by atoms with Crippen LogP contribution in [0.1, 0.15) is 196 Å². The topological polar surface area (TPSA) is 207 Å². The van der Waals surface area contributed by atoms with Crippen LogP contribution in [-0.4, -0.2) is 96.6 Å². The lowest BCUT2D eigenvalue weighted by Crippen LogP contribution is -2.60. The Morgan fingerprint density at radius 1 is 0.514 bits per heavy atom. The molecule has 20 atom stereocenters. The van der Waals surface area contributed by atoms with Crippen molar-refractivity contribution in [3.63, 3.8) is 0 Å². The molecule has 8 saturated carbocycles. The van der Waals surface area contributed by atoms with Gasteiger partial charge in [0.2, 0.25) is 0 Å². The molecule has 6 unspecified atom stereocenters. The number of Topliss-reactive ketones (excluding diaryl/α,β-unsaturated/α-hetero) is 2. The van der Waals surface area contributed by atoms with Crippen LogP contribution in [0.25, 0.3) is 0 Å². The molecule has 0 aromatic carbocycles. The maximum atomic E-state index is 12.6. The third kappa shape index (κ3) is 11.4. The molecule has 0 radical (unpaired) electrons. The zero-order valence-corrected chi connectivity index (χ0v) is 45.7. The van der Waals surface area contributed by atoms with Gasteiger partial charge in [-0.25, -0.2) is 0 Å². The van der Waals surface area contributed by atoms with Crippen LogP contribution >= 0.6 is 0 Å². The van der Waals surface area contributed by atoms with Crippen molar-refractivity contribution in [1.29, 1.82) is 0 Å². The first kappa shape index (κ1) is 55.2. The van der Waals surface area contributed by atoms with Crippen molar-refractivity contribution >= 4 is 31.8 Å². The summed E-state index contributed by atoms with van der Waals surface area (Å²) in [6.45, 7) is 16.6. The lowest BCUT2D eigenvalue weighted by atomic mass is 9.43. The van der Waals surface area contributed by atoms with Gasteiger partial charge in [0.1, 0.15) is 11.6 Å². The van der Waals surface area contributed by atoms with E-state index in [0.717, 1.165) is 77.3 Å². The summed E-state index contributed by atoms with van der Waals surface area (Å²) in [6, 6.07) is 0.960. The van der Waals surface area contributed by atoms with Gasteiger partial charge in [-0.05, 0) is 221 Å². The molecule has 0 spiro atoms. The van der Waals surface area contributed by atoms with Gasteiger partial charge in [-0.15, -0.1) is 0 Å². The highest BCUT2D eigenvalue weighted by Gasteiger charge is 2.65. The molecule has 0 heterocycles. The predicted molar refractivity (Wildman–Crippen MR) is 275 cm³/mol. The zero-order chi connectivity index (χ0) is 50.6. The van der Waals surface area contributed by atoms with Gasteiger partial charge in [0.25, 0.3) is 20.2 Å². The van der Waals surface area contributed by atoms with Gasteiger partial charge in [-0.3, -0.25) is 18.7 Å². The van der Waals surface area contributed by atoms with Gasteiger partial charge in [-0.1, -0.05) is 41.5 Å². The van der Waals surface area contributed by atoms with E-state index in [4.69, 9.17) is 9.11 Å². The second-order valence-corrected chi connectivity index (χ2v) is 29.9. The van der Waals surface area contributed by atoms with Gasteiger partial charge in [0, 0.05) is 50.9 Å². The summed E-state index contributed by atoms with van der Waals surface area (Å²) in [5, 5.41) is 32.1. The molecule has 0 aromatic heterocycles. The second-order valence-electron chi connectivity index (χ2n) is 26.8. The minimum absolute atomic E-state index is 0.0836. The standard InChI is InChI=1S/C56H96N2O10S2/c1-35(11-13-41(59)9-7-29-69(63,64)65)43-15-17-45-51-47(21-25-55(43,45)5)53(3)23-19-39(31-37(53)33-49(51)61)57-27-28-58-40-20-24-54(4)38(32-40)34-50(62)52-46-18-16-44(56(46,6)26-22-48(52)54)36(2)12-14-42(60)10-8-30-70(66,67)68/h35-40,43-52,57-58,61-62H,7-34H2,1-6H3,(H,63,64,65)(H,66,67,68)/t35-,36+,37?,38?,39?,40?,43-,44+,45-,46-,47+,48-,49+,50-,51?,52?,53+,54-,55-,56+/m0/s1. The van der Waals surface area contributed by atoms with Crippen LogP contribution in [0, 0.1) is 92.7 Å². The number of aliphatic hydroxyl groups is 2. The van der Waals surface area contributed by atoms with Crippen LogP contribution < -0.4 is 10.6 Å². The molecule has 12 nitrogen and oxygen atoms in total. The smallest absolute Gasteiger partial charge is 0.264 e. The summed E-state index contributed by atoms with van der Waals surface area (Å²) in [5.41, 5.74) is 0.860. The predicted octanol–water partition coefficient (Wildman–Crippen LogP) is 9.47. The Bertz CT molecular complexity index is 1930. The van der Waals surface area contributed by atoms with Crippen molar-refractivity contribution < 1.29 is 45.7 Å². The number of aliphatic hydroxyl groups excluding tert-OH is 2. The van der Waals surface area contributed by atoms with Crippen LogP contribution in [0.5, 0.6) is 0 Å². The molecular weight excluding hydrogens is 925 g/mol. The molecule has 0 bridgehead atoms. The molecule has 0 saturated heterocycles. The average Bonchev–Trinajstić information content (AvgIpc) is 3.83. The maximum Gasteiger partial charge on any atom is 0.264 e. The van der Waals surface area contributed by atoms with E-state index in [9.17, 15) is 36.6 Å². The average molecular weight is 1020 g/mol. The number of carbonyl (C=O) groups is 2.